The topological polar surface area (TPSA) is 53.5 Å². The van der Waals surface area contributed by atoms with Crippen molar-refractivity contribution in [1.29, 1.82) is 0 Å². The first kappa shape index (κ1) is 57.0. The second kappa shape index (κ2) is 21.6. The molecule has 0 bridgehead atoms. The lowest BCUT2D eigenvalue weighted by Crippen LogP contribution is -2.15. The zero-order chi connectivity index (χ0) is 65.8. The fraction of sp³-hybridized carbons (Fsp3) is 0.0860. The number of hydrogen-bond donors (Lipinski definition) is 0. The highest BCUT2D eigenvalue weighted by molar-refractivity contribution is 6.14. The van der Waals surface area contributed by atoms with Crippen molar-refractivity contribution >= 4 is 60.6 Å². The zero-order valence-corrected chi connectivity index (χ0v) is 55.5. The lowest BCUT2D eigenvalue weighted by Gasteiger charge is -2.22. The molecular formula is C93H66N6. The summed E-state index contributed by atoms with van der Waals surface area (Å²) in [5.41, 5.74) is 32.2. The Balaban J connectivity index is 0.763. The van der Waals surface area contributed by atoms with Gasteiger partial charge in [0, 0.05) is 71.5 Å². The molecule has 0 spiro atoms. The molecule has 3 aliphatic carbocycles. The Morgan fingerprint density at radius 1 is 0.283 bits per heavy atom. The van der Waals surface area contributed by atoms with Gasteiger partial charge in [-0.25, -0.2) is 4.98 Å². The summed E-state index contributed by atoms with van der Waals surface area (Å²) in [4.78, 5) is 16.3. The molecule has 4 heterocycles. The molecule has 4 aromatic heterocycles. The molecule has 0 fully saturated rings. The molecule has 0 unspecified atom stereocenters. The minimum absolute atomic E-state index is 0.107. The maximum atomic E-state index is 5.50. The molecule has 0 N–H and O–H groups in total. The third-order valence-electron chi connectivity index (χ3n) is 22.0. The highest BCUT2D eigenvalue weighted by Gasteiger charge is 2.37. The number of hydrogen-bond acceptors (Lipinski definition) is 3. The van der Waals surface area contributed by atoms with Gasteiger partial charge < -0.3 is 9.13 Å². The van der Waals surface area contributed by atoms with E-state index >= 15 is 0 Å². The number of benzene rings is 13. The van der Waals surface area contributed by atoms with Crippen LogP contribution in [-0.4, -0.2) is 28.7 Å². The highest BCUT2D eigenvalue weighted by Crippen LogP contribution is 2.52. The molecule has 13 aromatic carbocycles. The van der Waals surface area contributed by atoms with Crippen molar-refractivity contribution in [2.45, 2.75) is 51.4 Å². The SMILES string of the molecule is CC1(C)c2ccccc2-c2ccc(-n3c4c(c5cc(-c6ccc7c(c6)c6cc(-c8ccc9c(c8)c8ccccc8n9-c8ccc9c(c8)C(C)(C)c8ccccc8-9)ccc6n7-c6nc(-c7ccc(-c8ccccc8)cc7)nc(-c7ccc(-c8ccccc8)cc7)n6)ccc53)C=CCC4)cc21. The molecule has 468 valence electrons. The Hall–Kier alpha value is -12.3. The van der Waals surface area contributed by atoms with Crippen molar-refractivity contribution in [2.75, 3.05) is 0 Å². The first-order chi connectivity index (χ1) is 48.6. The van der Waals surface area contributed by atoms with Crippen LogP contribution in [0.4, 0.5) is 0 Å². The molecule has 6 heteroatoms. The summed E-state index contributed by atoms with van der Waals surface area (Å²) >= 11 is 0. The van der Waals surface area contributed by atoms with E-state index in [0.717, 1.165) is 90.3 Å². The number of rotatable bonds is 9. The van der Waals surface area contributed by atoms with Gasteiger partial charge in [0.05, 0.1) is 27.6 Å². The minimum atomic E-state index is -0.123. The maximum Gasteiger partial charge on any atom is 0.238 e. The Bertz CT molecular complexity index is 6150. The predicted octanol–water partition coefficient (Wildman–Crippen LogP) is 23.6. The second-order valence-corrected chi connectivity index (χ2v) is 28.2. The van der Waals surface area contributed by atoms with Gasteiger partial charge in [0.25, 0.3) is 0 Å². The monoisotopic (exact) mass is 1270 g/mol. The van der Waals surface area contributed by atoms with Gasteiger partial charge in [-0.15, -0.1) is 0 Å². The summed E-state index contributed by atoms with van der Waals surface area (Å²) in [7, 11) is 0. The van der Waals surface area contributed by atoms with Gasteiger partial charge in [0.2, 0.25) is 5.95 Å². The number of para-hydroxylation sites is 1. The summed E-state index contributed by atoms with van der Waals surface area (Å²) in [5.74, 6) is 1.73. The Labute approximate surface area is 574 Å². The normalized spacial score (nSPS) is 13.9. The fourth-order valence-electron chi connectivity index (χ4n) is 17.0. The van der Waals surface area contributed by atoms with Crippen LogP contribution in [0.3, 0.4) is 0 Å². The quantitative estimate of drug-likeness (QED) is 0.145. The van der Waals surface area contributed by atoms with Gasteiger partial charge in [-0.05, 0) is 181 Å². The van der Waals surface area contributed by atoms with Crippen LogP contribution in [0.25, 0.3) is 167 Å². The fourth-order valence-corrected chi connectivity index (χ4v) is 17.0. The van der Waals surface area contributed by atoms with Crippen LogP contribution >= 0.6 is 0 Å². The number of nitrogens with zero attached hydrogens (tertiary/aromatic N) is 6. The van der Waals surface area contributed by atoms with E-state index in [4.69, 9.17) is 15.0 Å². The van der Waals surface area contributed by atoms with E-state index in [9.17, 15) is 0 Å². The Morgan fingerprint density at radius 2 is 0.667 bits per heavy atom. The molecule has 20 rings (SSSR count). The average Bonchev–Trinajstić information content (AvgIpc) is 1.58. The zero-order valence-electron chi connectivity index (χ0n) is 55.5. The number of allylic oxidation sites excluding steroid dienone is 1. The van der Waals surface area contributed by atoms with Gasteiger partial charge in [-0.1, -0.05) is 252 Å². The largest absolute Gasteiger partial charge is 0.313 e. The van der Waals surface area contributed by atoms with Crippen molar-refractivity contribution in [3.8, 4) is 107 Å². The van der Waals surface area contributed by atoms with Crippen LogP contribution in [0.2, 0.25) is 0 Å². The molecule has 17 aromatic rings. The van der Waals surface area contributed by atoms with Crippen LogP contribution in [0.5, 0.6) is 0 Å². The van der Waals surface area contributed by atoms with Crippen LogP contribution < -0.4 is 0 Å². The third-order valence-corrected chi connectivity index (χ3v) is 22.0. The molecule has 3 aliphatic rings. The Morgan fingerprint density at radius 3 is 1.19 bits per heavy atom. The van der Waals surface area contributed by atoms with E-state index in [1.165, 1.54) is 99.8 Å². The molecule has 0 saturated carbocycles. The molecular weight excluding hydrogens is 1200 g/mol. The van der Waals surface area contributed by atoms with E-state index < -0.39 is 0 Å². The van der Waals surface area contributed by atoms with E-state index in [1.54, 1.807) is 0 Å². The molecule has 0 radical (unpaired) electrons. The third kappa shape index (κ3) is 8.78. The van der Waals surface area contributed by atoms with Crippen LogP contribution in [0.15, 0.2) is 297 Å². The summed E-state index contributed by atoms with van der Waals surface area (Å²) < 4.78 is 7.27. The maximum absolute atomic E-state index is 5.50. The summed E-state index contributed by atoms with van der Waals surface area (Å²) in [6, 6.07) is 107. The van der Waals surface area contributed by atoms with Gasteiger partial charge in [-0.3, -0.25) is 4.57 Å². The van der Waals surface area contributed by atoms with E-state index in [-0.39, 0.29) is 10.8 Å². The van der Waals surface area contributed by atoms with Gasteiger partial charge >= 0.3 is 0 Å². The first-order valence-electron chi connectivity index (χ1n) is 34.6. The Kier molecular flexibility index (Phi) is 12.5. The molecule has 0 saturated heterocycles. The minimum Gasteiger partial charge on any atom is -0.313 e. The highest BCUT2D eigenvalue weighted by atomic mass is 15.2. The molecule has 0 atom stereocenters. The summed E-state index contributed by atoms with van der Waals surface area (Å²) in [6.45, 7) is 9.48. The van der Waals surface area contributed by atoms with E-state index in [0.29, 0.717) is 17.6 Å². The number of fused-ring (bicyclic) bond motifs is 15. The summed E-state index contributed by atoms with van der Waals surface area (Å²) in [5, 5.41) is 5.89. The molecule has 6 nitrogen and oxygen atoms in total. The molecule has 0 aliphatic heterocycles. The van der Waals surface area contributed by atoms with Crippen molar-refractivity contribution < 1.29 is 0 Å². The second-order valence-electron chi connectivity index (χ2n) is 28.2. The van der Waals surface area contributed by atoms with Crippen molar-refractivity contribution in [3.63, 3.8) is 0 Å². The van der Waals surface area contributed by atoms with Gasteiger partial charge in [0.1, 0.15) is 0 Å². The smallest absolute Gasteiger partial charge is 0.238 e. The van der Waals surface area contributed by atoms with E-state index in [1.807, 2.05) is 0 Å². The first-order valence-corrected chi connectivity index (χ1v) is 34.6. The summed E-state index contributed by atoms with van der Waals surface area (Å²) in [6.07, 6.45) is 6.69. The van der Waals surface area contributed by atoms with Crippen molar-refractivity contribution in [2.24, 2.45) is 0 Å². The van der Waals surface area contributed by atoms with Crippen LogP contribution in [-0.2, 0) is 17.3 Å². The van der Waals surface area contributed by atoms with Crippen molar-refractivity contribution in [3.05, 3.63) is 331 Å². The lowest BCUT2D eigenvalue weighted by atomic mass is 9.82. The number of aromatic nitrogens is 6. The molecule has 0 amide bonds. The van der Waals surface area contributed by atoms with E-state index in [2.05, 4.69) is 345 Å². The van der Waals surface area contributed by atoms with Gasteiger partial charge in [-0.2, -0.15) is 9.97 Å². The lowest BCUT2D eigenvalue weighted by molar-refractivity contribution is 0.659. The van der Waals surface area contributed by atoms with Crippen LogP contribution in [0, 0.1) is 0 Å². The average molecular weight is 1270 g/mol. The van der Waals surface area contributed by atoms with Crippen molar-refractivity contribution in [1.82, 2.24) is 28.7 Å². The predicted molar refractivity (Wildman–Crippen MR) is 410 cm³/mol. The van der Waals surface area contributed by atoms with Gasteiger partial charge in [0.15, 0.2) is 11.6 Å². The van der Waals surface area contributed by atoms with Crippen LogP contribution in [0.1, 0.15) is 67.6 Å². The molecule has 99 heavy (non-hydrogen) atoms. The standard InChI is InChI=1S/C93H66N6/c1-92(2)79-27-15-11-23-69(79)71-45-43-67(55-81(71)92)97-83-29-17-13-25-73(83)75-51-63(39-47-85(75)97)65-41-49-87-77(53-65)78-54-66(64-40-48-86-76(52-64)74-26-14-18-30-84(74)98(86)68-44-46-72-70-24-12-16-28-80(70)93(3,4)82(72)56-68)42-50-88(78)99(87)91-95-89(61-35-31-59(32-36-61)57-19-7-5-8-20-57)94-90(96-91)62-37-33-60(34-38-62)58-21-9-6-10-22-58/h5-17,19-29,31-56H,18,30H2,1-4H3.